The molecular formula is C16H17N5. The van der Waals surface area contributed by atoms with Crippen molar-refractivity contribution < 1.29 is 0 Å². The zero-order valence-electron chi connectivity index (χ0n) is 11.8. The summed E-state index contributed by atoms with van der Waals surface area (Å²) < 4.78 is 2.00. The van der Waals surface area contributed by atoms with Crippen LogP contribution in [0.25, 0.3) is 11.0 Å². The first-order valence-electron chi connectivity index (χ1n) is 7.36. The molecular weight excluding hydrogens is 262 g/mol. The van der Waals surface area contributed by atoms with Gasteiger partial charge in [0.05, 0.1) is 29.8 Å². The van der Waals surface area contributed by atoms with E-state index in [-0.39, 0.29) is 0 Å². The Labute approximate surface area is 123 Å². The highest BCUT2D eigenvalue weighted by molar-refractivity contribution is 5.75. The Morgan fingerprint density at radius 1 is 1.14 bits per heavy atom. The fourth-order valence-electron chi connectivity index (χ4n) is 3.04. The van der Waals surface area contributed by atoms with E-state index in [1.165, 1.54) is 12.8 Å². The molecule has 0 aliphatic carbocycles. The molecule has 5 heteroatoms. The van der Waals surface area contributed by atoms with Gasteiger partial charge in [0.2, 0.25) is 0 Å². The van der Waals surface area contributed by atoms with Crippen molar-refractivity contribution in [3.8, 4) is 0 Å². The number of anilines is 1. The van der Waals surface area contributed by atoms with Crippen LogP contribution in [0, 0.1) is 0 Å². The SMILES string of the molecule is c1ccc2nc(N3CCCC3Cn3cccn3)cnc2c1. The van der Waals surface area contributed by atoms with E-state index >= 15 is 0 Å². The molecule has 1 fully saturated rings. The molecule has 1 aliphatic rings. The summed E-state index contributed by atoms with van der Waals surface area (Å²) in [6.07, 6.45) is 8.11. The summed E-state index contributed by atoms with van der Waals surface area (Å²) in [5.41, 5.74) is 1.91. The lowest BCUT2D eigenvalue weighted by molar-refractivity contribution is 0.507. The zero-order chi connectivity index (χ0) is 14.1. The first-order valence-corrected chi connectivity index (χ1v) is 7.36. The van der Waals surface area contributed by atoms with Crippen LogP contribution in [-0.2, 0) is 6.54 Å². The van der Waals surface area contributed by atoms with Crippen molar-refractivity contribution >= 4 is 16.9 Å². The molecule has 0 N–H and O–H groups in total. The van der Waals surface area contributed by atoms with E-state index in [2.05, 4.69) is 15.0 Å². The molecule has 1 aliphatic heterocycles. The van der Waals surface area contributed by atoms with Crippen LogP contribution in [0.3, 0.4) is 0 Å². The number of aromatic nitrogens is 4. The third-order valence-corrected chi connectivity index (χ3v) is 4.06. The minimum absolute atomic E-state index is 0.445. The summed E-state index contributed by atoms with van der Waals surface area (Å²) in [7, 11) is 0. The van der Waals surface area contributed by atoms with Crippen molar-refractivity contribution in [3.05, 3.63) is 48.9 Å². The van der Waals surface area contributed by atoms with Gasteiger partial charge in [0, 0.05) is 18.9 Å². The normalized spacial score (nSPS) is 18.5. The van der Waals surface area contributed by atoms with Crippen LogP contribution in [0.4, 0.5) is 5.82 Å². The Bertz CT molecular complexity index is 737. The average molecular weight is 279 g/mol. The lowest BCUT2D eigenvalue weighted by Gasteiger charge is -2.25. The molecule has 1 unspecified atom stereocenters. The molecule has 0 amide bonds. The highest BCUT2D eigenvalue weighted by Gasteiger charge is 2.26. The average Bonchev–Trinajstić information content (AvgIpc) is 3.19. The maximum Gasteiger partial charge on any atom is 0.148 e. The standard InChI is InChI=1S/C16H17N5/c1-2-7-15-14(6-1)17-11-16(19-15)21-10-3-5-13(21)12-20-9-4-8-18-20/h1-2,4,6-9,11,13H,3,5,10,12H2. The molecule has 21 heavy (non-hydrogen) atoms. The molecule has 3 aromatic rings. The van der Waals surface area contributed by atoms with Crippen molar-refractivity contribution in [2.75, 3.05) is 11.4 Å². The number of hydrogen-bond acceptors (Lipinski definition) is 4. The quantitative estimate of drug-likeness (QED) is 0.739. The number of benzene rings is 1. The molecule has 3 heterocycles. The number of rotatable bonds is 3. The van der Waals surface area contributed by atoms with Crippen molar-refractivity contribution in [1.29, 1.82) is 0 Å². The van der Waals surface area contributed by atoms with E-state index in [1.54, 1.807) is 0 Å². The van der Waals surface area contributed by atoms with Crippen LogP contribution in [0.2, 0.25) is 0 Å². The summed E-state index contributed by atoms with van der Waals surface area (Å²) in [4.78, 5) is 11.7. The van der Waals surface area contributed by atoms with E-state index < -0.39 is 0 Å². The van der Waals surface area contributed by atoms with Crippen LogP contribution in [0.5, 0.6) is 0 Å². The van der Waals surface area contributed by atoms with Crippen LogP contribution in [-0.4, -0.2) is 32.3 Å². The van der Waals surface area contributed by atoms with E-state index in [0.717, 1.165) is 29.9 Å². The van der Waals surface area contributed by atoms with E-state index in [9.17, 15) is 0 Å². The molecule has 106 valence electrons. The van der Waals surface area contributed by atoms with Gasteiger partial charge in [0.1, 0.15) is 5.82 Å². The van der Waals surface area contributed by atoms with Gasteiger partial charge >= 0.3 is 0 Å². The maximum atomic E-state index is 4.77. The third kappa shape index (κ3) is 2.35. The Balaban J connectivity index is 1.63. The molecule has 0 radical (unpaired) electrons. The van der Waals surface area contributed by atoms with Crippen LogP contribution in [0.1, 0.15) is 12.8 Å². The first-order chi connectivity index (χ1) is 10.4. The lowest BCUT2D eigenvalue weighted by Crippen LogP contribution is -2.33. The third-order valence-electron chi connectivity index (χ3n) is 4.06. The van der Waals surface area contributed by atoms with Gasteiger partial charge in [-0.25, -0.2) is 4.98 Å². The van der Waals surface area contributed by atoms with Gasteiger partial charge in [0.15, 0.2) is 0 Å². The fraction of sp³-hybridized carbons (Fsp3) is 0.312. The number of hydrogen-bond donors (Lipinski definition) is 0. The number of nitrogens with zero attached hydrogens (tertiary/aromatic N) is 5. The molecule has 2 aromatic heterocycles. The summed E-state index contributed by atoms with van der Waals surface area (Å²) in [5, 5.41) is 4.31. The monoisotopic (exact) mass is 279 g/mol. The number of para-hydroxylation sites is 2. The van der Waals surface area contributed by atoms with E-state index in [1.807, 2.05) is 53.6 Å². The van der Waals surface area contributed by atoms with Crippen LogP contribution >= 0.6 is 0 Å². The summed E-state index contributed by atoms with van der Waals surface area (Å²) in [6.45, 7) is 1.94. The van der Waals surface area contributed by atoms with Crippen LogP contribution in [0.15, 0.2) is 48.9 Å². The van der Waals surface area contributed by atoms with Gasteiger partial charge in [-0.1, -0.05) is 12.1 Å². The molecule has 1 saturated heterocycles. The second-order valence-electron chi connectivity index (χ2n) is 5.43. The van der Waals surface area contributed by atoms with Gasteiger partial charge in [0.25, 0.3) is 0 Å². The molecule has 5 nitrogen and oxygen atoms in total. The van der Waals surface area contributed by atoms with Crippen molar-refractivity contribution in [2.45, 2.75) is 25.4 Å². The second kappa shape index (κ2) is 5.16. The lowest BCUT2D eigenvalue weighted by atomic mass is 10.2. The summed E-state index contributed by atoms with van der Waals surface area (Å²) in [6, 6.07) is 10.4. The van der Waals surface area contributed by atoms with Crippen molar-refractivity contribution in [2.24, 2.45) is 0 Å². The minimum Gasteiger partial charge on any atom is -0.350 e. The molecule has 1 atom stereocenters. The van der Waals surface area contributed by atoms with E-state index in [0.29, 0.717) is 6.04 Å². The first kappa shape index (κ1) is 12.3. The Kier molecular flexibility index (Phi) is 3.03. The minimum atomic E-state index is 0.445. The molecule has 0 saturated carbocycles. The van der Waals surface area contributed by atoms with Gasteiger partial charge in [-0.15, -0.1) is 0 Å². The largest absolute Gasteiger partial charge is 0.350 e. The summed E-state index contributed by atoms with van der Waals surface area (Å²) in [5.74, 6) is 0.975. The van der Waals surface area contributed by atoms with Crippen molar-refractivity contribution in [3.63, 3.8) is 0 Å². The Morgan fingerprint density at radius 2 is 2.05 bits per heavy atom. The second-order valence-corrected chi connectivity index (χ2v) is 5.43. The van der Waals surface area contributed by atoms with Gasteiger partial charge < -0.3 is 4.90 Å². The topological polar surface area (TPSA) is 46.8 Å². The fourth-order valence-corrected chi connectivity index (χ4v) is 3.04. The van der Waals surface area contributed by atoms with Gasteiger partial charge in [-0.05, 0) is 31.0 Å². The van der Waals surface area contributed by atoms with Gasteiger partial charge in [-0.3, -0.25) is 9.67 Å². The molecule has 0 spiro atoms. The van der Waals surface area contributed by atoms with Gasteiger partial charge in [-0.2, -0.15) is 5.10 Å². The van der Waals surface area contributed by atoms with Crippen molar-refractivity contribution in [1.82, 2.24) is 19.7 Å². The van der Waals surface area contributed by atoms with E-state index in [4.69, 9.17) is 4.98 Å². The maximum absolute atomic E-state index is 4.77. The number of fused-ring (bicyclic) bond motifs is 1. The van der Waals surface area contributed by atoms with Crippen LogP contribution < -0.4 is 4.90 Å². The highest BCUT2D eigenvalue weighted by Crippen LogP contribution is 2.25. The predicted octanol–water partition coefficient (Wildman–Crippen LogP) is 2.50. The molecule has 0 bridgehead atoms. The smallest absolute Gasteiger partial charge is 0.148 e. The zero-order valence-corrected chi connectivity index (χ0v) is 11.8. The highest BCUT2D eigenvalue weighted by atomic mass is 15.3. The Morgan fingerprint density at radius 3 is 2.90 bits per heavy atom. The summed E-state index contributed by atoms with van der Waals surface area (Å²) >= 11 is 0. The Hall–Kier alpha value is -2.43. The predicted molar refractivity (Wildman–Crippen MR) is 82.1 cm³/mol. The molecule has 1 aromatic carbocycles. The molecule has 4 rings (SSSR count).